The highest BCUT2D eigenvalue weighted by atomic mass is 16.5. The monoisotopic (exact) mass is 198 g/mol. The third-order valence-corrected chi connectivity index (χ3v) is 2.22. The van der Waals surface area contributed by atoms with Crippen molar-refractivity contribution in [2.24, 2.45) is 5.92 Å². The van der Waals surface area contributed by atoms with E-state index in [0.29, 0.717) is 0 Å². The summed E-state index contributed by atoms with van der Waals surface area (Å²) in [6.07, 6.45) is 2.40. The first-order valence-electron chi connectivity index (χ1n) is 5.76. The van der Waals surface area contributed by atoms with Gasteiger partial charge in [-0.2, -0.15) is 0 Å². The maximum atomic E-state index is 5.94. The van der Waals surface area contributed by atoms with Crippen molar-refractivity contribution < 1.29 is 4.74 Å². The van der Waals surface area contributed by atoms with Crippen LogP contribution in [-0.2, 0) is 4.74 Å². The lowest BCUT2D eigenvalue weighted by Gasteiger charge is -2.30. The van der Waals surface area contributed by atoms with Crippen molar-refractivity contribution in [2.75, 3.05) is 6.61 Å². The smallest absolute Gasteiger partial charge is 0.111 e. The van der Waals surface area contributed by atoms with Crippen molar-refractivity contribution >= 4 is 7.85 Å². The molecule has 0 radical (unpaired) electrons. The predicted molar refractivity (Wildman–Crippen MR) is 66.7 cm³/mol. The van der Waals surface area contributed by atoms with E-state index < -0.39 is 0 Å². The van der Waals surface area contributed by atoms with Crippen LogP contribution in [0.4, 0.5) is 0 Å². The minimum Gasteiger partial charge on any atom is -0.376 e. The SMILES string of the molecule is BC(C)(C)COC(C)(C)CCC(C)C. The average molecular weight is 198 g/mol. The molecule has 1 nitrogen and oxygen atoms in total. The fourth-order valence-electron chi connectivity index (χ4n) is 1.12. The number of rotatable bonds is 6. The van der Waals surface area contributed by atoms with Crippen molar-refractivity contribution in [1.29, 1.82) is 0 Å². The lowest BCUT2D eigenvalue weighted by Crippen LogP contribution is -2.28. The van der Waals surface area contributed by atoms with Gasteiger partial charge in [-0.25, -0.2) is 0 Å². The van der Waals surface area contributed by atoms with Gasteiger partial charge in [-0.3, -0.25) is 0 Å². The lowest BCUT2D eigenvalue weighted by atomic mass is 9.73. The van der Waals surface area contributed by atoms with Crippen molar-refractivity contribution in [3.05, 3.63) is 0 Å². The maximum Gasteiger partial charge on any atom is 0.111 e. The maximum absolute atomic E-state index is 5.94. The minimum atomic E-state index is 0.0392. The molecule has 0 saturated heterocycles. The molecule has 0 heterocycles. The van der Waals surface area contributed by atoms with Crippen LogP contribution in [0.25, 0.3) is 0 Å². The summed E-state index contributed by atoms with van der Waals surface area (Å²) in [5.74, 6) is 0.771. The molecule has 2 heteroatoms. The van der Waals surface area contributed by atoms with Crippen LogP contribution in [0.2, 0.25) is 5.31 Å². The van der Waals surface area contributed by atoms with Crippen LogP contribution in [0.1, 0.15) is 54.4 Å². The highest BCUT2D eigenvalue weighted by Crippen LogP contribution is 2.25. The van der Waals surface area contributed by atoms with Crippen molar-refractivity contribution in [1.82, 2.24) is 0 Å². The van der Waals surface area contributed by atoms with Gasteiger partial charge < -0.3 is 4.74 Å². The average Bonchev–Trinajstić information content (AvgIpc) is 1.97. The van der Waals surface area contributed by atoms with E-state index in [2.05, 4.69) is 49.4 Å². The molecule has 0 spiro atoms. The van der Waals surface area contributed by atoms with Crippen LogP contribution < -0.4 is 0 Å². The largest absolute Gasteiger partial charge is 0.376 e. The summed E-state index contributed by atoms with van der Waals surface area (Å²) in [5, 5.41) is 0.273. The van der Waals surface area contributed by atoms with Crippen LogP contribution >= 0.6 is 0 Å². The Labute approximate surface area is 91.0 Å². The molecule has 0 bridgehead atoms. The summed E-state index contributed by atoms with van der Waals surface area (Å²) in [6.45, 7) is 14.2. The van der Waals surface area contributed by atoms with Gasteiger partial charge in [0.05, 0.1) is 5.60 Å². The molecule has 0 aromatic rings. The summed E-state index contributed by atoms with van der Waals surface area (Å²) in [5.41, 5.74) is 0.0392. The molecule has 0 aromatic carbocycles. The van der Waals surface area contributed by atoms with E-state index in [-0.39, 0.29) is 10.9 Å². The first-order chi connectivity index (χ1) is 6.12. The van der Waals surface area contributed by atoms with Gasteiger partial charge in [0.2, 0.25) is 0 Å². The molecule has 0 unspecified atom stereocenters. The normalized spacial score (nSPS) is 13.6. The lowest BCUT2D eigenvalue weighted by molar-refractivity contribution is -0.0359. The van der Waals surface area contributed by atoms with E-state index in [1.54, 1.807) is 0 Å². The molecule has 0 aliphatic carbocycles. The Balaban J connectivity index is 3.83. The Bertz CT molecular complexity index is 156. The second-order valence-electron chi connectivity index (χ2n) is 6.54. The molecule has 14 heavy (non-hydrogen) atoms. The zero-order chi connectivity index (χ0) is 11.4. The Morgan fingerprint density at radius 1 is 1.14 bits per heavy atom. The third kappa shape index (κ3) is 8.62. The zero-order valence-electron chi connectivity index (χ0n) is 11.1. The van der Waals surface area contributed by atoms with Crippen LogP contribution in [0.15, 0.2) is 0 Å². The van der Waals surface area contributed by atoms with Gasteiger partial charge in [0.1, 0.15) is 7.85 Å². The summed E-state index contributed by atoms with van der Waals surface area (Å²) < 4.78 is 5.94. The second-order valence-corrected chi connectivity index (χ2v) is 6.54. The Hall–Kier alpha value is 0.0249. The molecule has 0 aliphatic rings. The van der Waals surface area contributed by atoms with Gasteiger partial charge in [-0.1, -0.05) is 27.7 Å². The van der Waals surface area contributed by atoms with Gasteiger partial charge >= 0.3 is 0 Å². The number of hydrogen-bond donors (Lipinski definition) is 0. The molecule has 84 valence electrons. The molecule has 0 amide bonds. The predicted octanol–water partition coefficient (Wildman–Crippen LogP) is 3.05. The second kappa shape index (κ2) is 5.20. The topological polar surface area (TPSA) is 9.23 Å². The standard InChI is InChI=1S/C12H27BO/c1-10(2)7-8-12(5,6)14-9-11(3,4)13/h10H,7-9,13H2,1-6H3. The van der Waals surface area contributed by atoms with Crippen LogP contribution in [-0.4, -0.2) is 20.1 Å². The summed E-state index contributed by atoms with van der Waals surface area (Å²) in [4.78, 5) is 0. The molecule has 0 fully saturated rings. The minimum absolute atomic E-state index is 0.0392. The fourth-order valence-corrected chi connectivity index (χ4v) is 1.12. The Kier molecular flexibility index (Phi) is 5.21. The summed E-state index contributed by atoms with van der Waals surface area (Å²) in [6, 6.07) is 0. The van der Waals surface area contributed by atoms with Crippen LogP contribution in [0, 0.1) is 5.92 Å². The number of hydrogen-bond acceptors (Lipinski definition) is 1. The summed E-state index contributed by atoms with van der Waals surface area (Å²) >= 11 is 0. The van der Waals surface area contributed by atoms with E-state index in [4.69, 9.17) is 4.74 Å². The molecular weight excluding hydrogens is 171 g/mol. The highest BCUT2D eigenvalue weighted by Gasteiger charge is 2.21. The molecule has 0 N–H and O–H groups in total. The first-order valence-corrected chi connectivity index (χ1v) is 5.76. The van der Waals surface area contributed by atoms with Crippen LogP contribution in [0.3, 0.4) is 0 Å². The van der Waals surface area contributed by atoms with E-state index in [0.717, 1.165) is 18.9 Å². The van der Waals surface area contributed by atoms with Crippen molar-refractivity contribution in [3.63, 3.8) is 0 Å². The quantitative estimate of drug-likeness (QED) is 0.596. The Morgan fingerprint density at radius 3 is 2.00 bits per heavy atom. The number of ether oxygens (including phenoxy) is 1. The van der Waals surface area contributed by atoms with E-state index in [1.807, 2.05) is 0 Å². The van der Waals surface area contributed by atoms with Gasteiger partial charge in [0, 0.05) is 6.61 Å². The Morgan fingerprint density at radius 2 is 1.64 bits per heavy atom. The molecule has 0 aromatic heterocycles. The van der Waals surface area contributed by atoms with E-state index >= 15 is 0 Å². The van der Waals surface area contributed by atoms with Gasteiger partial charge in [0.15, 0.2) is 0 Å². The molecule has 0 atom stereocenters. The van der Waals surface area contributed by atoms with Crippen LogP contribution in [0.5, 0.6) is 0 Å². The van der Waals surface area contributed by atoms with E-state index in [9.17, 15) is 0 Å². The van der Waals surface area contributed by atoms with Crippen molar-refractivity contribution in [2.45, 2.75) is 65.3 Å². The zero-order valence-corrected chi connectivity index (χ0v) is 11.1. The fraction of sp³-hybridized carbons (Fsp3) is 1.00. The van der Waals surface area contributed by atoms with Crippen molar-refractivity contribution in [3.8, 4) is 0 Å². The van der Waals surface area contributed by atoms with Gasteiger partial charge in [-0.05, 0) is 37.9 Å². The molecule has 0 rings (SSSR count). The molecular formula is C12H27BO. The summed E-state index contributed by atoms with van der Waals surface area (Å²) in [7, 11) is 2.21. The molecule has 0 saturated carbocycles. The van der Waals surface area contributed by atoms with Gasteiger partial charge in [0.25, 0.3) is 0 Å². The third-order valence-electron chi connectivity index (χ3n) is 2.22. The molecule has 0 aliphatic heterocycles. The van der Waals surface area contributed by atoms with Gasteiger partial charge in [-0.15, -0.1) is 0 Å². The highest BCUT2D eigenvalue weighted by molar-refractivity contribution is 6.14. The first kappa shape index (κ1) is 14.0. The van der Waals surface area contributed by atoms with E-state index in [1.165, 1.54) is 6.42 Å².